The van der Waals surface area contributed by atoms with E-state index < -0.39 is 11.7 Å². The lowest BCUT2D eigenvalue weighted by atomic mass is 9.93. The van der Waals surface area contributed by atoms with Gasteiger partial charge in [0.15, 0.2) is 0 Å². The van der Waals surface area contributed by atoms with Crippen molar-refractivity contribution in [1.29, 1.82) is 0 Å². The molecule has 0 aromatic heterocycles. The Bertz CT molecular complexity index is 564. The molecule has 2 saturated carbocycles. The van der Waals surface area contributed by atoms with Crippen LogP contribution >= 0.6 is 0 Å². The van der Waals surface area contributed by atoms with Crippen LogP contribution in [0.4, 0.5) is 18.9 Å². The Morgan fingerprint density at radius 2 is 1.74 bits per heavy atom. The first-order valence-electron chi connectivity index (χ1n) is 8.67. The van der Waals surface area contributed by atoms with E-state index in [1.807, 2.05) is 0 Å². The summed E-state index contributed by atoms with van der Waals surface area (Å²) in [6.45, 7) is 3.61. The van der Waals surface area contributed by atoms with E-state index >= 15 is 0 Å². The van der Waals surface area contributed by atoms with Gasteiger partial charge in [-0.25, -0.2) is 0 Å². The molecule has 23 heavy (non-hydrogen) atoms. The van der Waals surface area contributed by atoms with Crippen LogP contribution in [-0.2, 0) is 6.18 Å². The fourth-order valence-corrected chi connectivity index (χ4v) is 4.85. The minimum absolute atomic E-state index is 0.550. The highest BCUT2D eigenvalue weighted by Gasteiger charge is 2.42. The summed E-state index contributed by atoms with van der Waals surface area (Å²) in [6.07, 6.45) is 1.27. The van der Waals surface area contributed by atoms with Crippen molar-refractivity contribution < 1.29 is 13.2 Å². The van der Waals surface area contributed by atoms with Gasteiger partial charge in [-0.05, 0) is 49.3 Å². The molecule has 5 heteroatoms. The lowest BCUT2D eigenvalue weighted by Gasteiger charge is -2.42. The number of fused-ring (bicyclic) bond motifs is 2. The zero-order valence-electron chi connectivity index (χ0n) is 13.2. The molecule has 3 aliphatic rings. The van der Waals surface area contributed by atoms with E-state index in [1.165, 1.54) is 37.8 Å². The highest BCUT2D eigenvalue weighted by Crippen LogP contribution is 2.46. The summed E-state index contributed by atoms with van der Waals surface area (Å²) in [6, 6.07) is 6.47. The van der Waals surface area contributed by atoms with Gasteiger partial charge in [0.1, 0.15) is 0 Å². The zero-order chi connectivity index (χ0) is 16.0. The van der Waals surface area contributed by atoms with Crippen LogP contribution in [0.1, 0.15) is 31.2 Å². The highest BCUT2D eigenvalue weighted by molar-refractivity contribution is 5.49. The Hall–Kier alpha value is -1.23. The van der Waals surface area contributed by atoms with Gasteiger partial charge in [-0.2, -0.15) is 13.2 Å². The molecule has 1 aromatic carbocycles. The Labute approximate surface area is 135 Å². The van der Waals surface area contributed by atoms with Crippen molar-refractivity contribution in [2.45, 2.75) is 37.9 Å². The molecule has 0 amide bonds. The first-order chi connectivity index (χ1) is 11.0. The smallest absolute Gasteiger partial charge is 0.369 e. The summed E-state index contributed by atoms with van der Waals surface area (Å²) in [5, 5.41) is 0. The minimum atomic E-state index is -4.26. The van der Waals surface area contributed by atoms with E-state index in [1.54, 1.807) is 6.07 Å². The fourth-order valence-electron chi connectivity index (χ4n) is 4.85. The van der Waals surface area contributed by atoms with Crippen LogP contribution in [0, 0.1) is 11.8 Å². The molecule has 0 unspecified atom stereocenters. The number of benzene rings is 1. The first kappa shape index (κ1) is 15.3. The molecule has 2 aliphatic carbocycles. The van der Waals surface area contributed by atoms with Gasteiger partial charge in [-0.3, -0.25) is 4.90 Å². The molecule has 2 bridgehead atoms. The lowest BCUT2D eigenvalue weighted by molar-refractivity contribution is -0.137. The number of anilines is 1. The fraction of sp³-hybridized carbons (Fsp3) is 0.667. The number of hydrogen-bond acceptors (Lipinski definition) is 2. The molecule has 3 fully saturated rings. The second kappa shape index (κ2) is 5.69. The van der Waals surface area contributed by atoms with Gasteiger partial charge in [-0.15, -0.1) is 0 Å². The Balaban J connectivity index is 1.40. The minimum Gasteiger partial charge on any atom is -0.369 e. The molecule has 126 valence electrons. The predicted molar refractivity (Wildman–Crippen MR) is 84.5 cm³/mol. The van der Waals surface area contributed by atoms with E-state index in [0.717, 1.165) is 50.1 Å². The van der Waals surface area contributed by atoms with E-state index in [-0.39, 0.29) is 0 Å². The van der Waals surface area contributed by atoms with Crippen LogP contribution < -0.4 is 4.90 Å². The third-order valence-electron chi connectivity index (χ3n) is 6.02. The molecule has 1 heterocycles. The van der Waals surface area contributed by atoms with Gasteiger partial charge < -0.3 is 4.90 Å². The van der Waals surface area contributed by atoms with Crippen LogP contribution in [0.25, 0.3) is 0 Å². The van der Waals surface area contributed by atoms with Gasteiger partial charge in [0.05, 0.1) is 5.56 Å². The molecular weight excluding hydrogens is 301 g/mol. The van der Waals surface area contributed by atoms with Crippen molar-refractivity contribution >= 4 is 5.69 Å². The lowest BCUT2D eigenvalue weighted by Crippen LogP contribution is -2.51. The topological polar surface area (TPSA) is 6.48 Å². The van der Waals surface area contributed by atoms with Gasteiger partial charge in [0.2, 0.25) is 0 Å². The summed E-state index contributed by atoms with van der Waals surface area (Å²) in [7, 11) is 0. The molecule has 0 N–H and O–H groups in total. The van der Waals surface area contributed by atoms with Crippen LogP contribution in [0.5, 0.6) is 0 Å². The number of halogens is 3. The van der Waals surface area contributed by atoms with Gasteiger partial charge >= 0.3 is 6.18 Å². The Kier molecular flexibility index (Phi) is 3.79. The van der Waals surface area contributed by atoms with E-state index in [0.29, 0.717) is 5.69 Å². The van der Waals surface area contributed by atoms with Crippen LogP contribution in [0.3, 0.4) is 0 Å². The van der Waals surface area contributed by atoms with Crippen molar-refractivity contribution in [1.82, 2.24) is 4.90 Å². The maximum Gasteiger partial charge on any atom is 0.416 e. The number of rotatable bonds is 2. The van der Waals surface area contributed by atoms with E-state index in [2.05, 4.69) is 9.80 Å². The second-order valence-corrected chi connectivity index (χ2v) is 7.31. The number of nitrogens with zero attached hydrogens (tertiary/aromatic N) is 2. The molecule has 0 radical (unpaired) electrons. The maximum atomic E-state index is 12.9. The number of alkyl halides is 3. The molecule has 3 atom stereocenters. The Morgan fingerprint density at radius 3 is 2.35 bits per heavy atom. The molecule has 4 rings (SSSR count). The van der Waals surface area contributed by atoms with Crippen molar-refractivity contribution in [3.8, 4) is 0 Å². The summed E-state index contributed by atoms with van der Waals surface area (Å²) < 4.78 is 38.6. The van der Waals surface area contributed by atoms with Crippen LogP contribution in [0.2, 0.25) is 0 Å². The molecule has 1 aliphatic heterocycles. The third kappa shape index (κ3) is 2.95. The van der Waals surface area contributed by atoms with Gasteiger partial charge in [0.25, 0.3) is 0 Å². The first-order valence-corrected chi connectivity index (χ1v) is 8.67. The average molecular weight is 324 g/mol. The van der Waals surface area contributed by atoms with Gasteiger partial charge in [0, 0.05) is 37.9 Å². The Morgan fingerprint density at radius 1 is 0.957 bits per heavy atom. The van der Waals surface area contributed by atoms with Crippen LogP contribution in [0.15, 0.2) is 24.3 Å². The van der Waals surface area contributed by atoms with Crippen molar-refractivity contribution in [3.63, 3.8) is 0 Å². The third-order valence-corrected chi connectivity index (χ3v) is 6.02. The summed E-state index contributed by atoms with van der Waals surface area (Å²) in [5.74, 6) is 1.81. The average Bonchev–Trinajstić information content (AvgIpc) is 3.17. The van der Waals surface area contributed by atoms with E-state index in [4.69, 9.17) is 0 Å². The molecule has 1 saturated heterocycles. The highest BCUT2D eigenvalue weighted by atomic mass is 19.4. The zero-order valence-corrected chi connectivity index (χ0v) is 13.2. The molecule has 0 spiro atoms. The largest absolute Gasteiger partial charge is 0.416 e. The summed E-state index contributed by atoms with van der Waals surface area (Å²) >= 11 is 0. The summed E-state index contributed by atoms with van der Waals surface area (Å²) in [5.41, 5.74) is 0.151. The summed E-state index contributed by atoms with van der Waals surface area (Å²) in [4.78, 5) is 4.69. The maximum absolute atomic E-state index is 12.9. The standard InChI is InChI=1S/C18H23F3N2/c19-18(20,21)15-2-1-3-16(12-15)22-6-8-23(9-7-22)17-11-13-4-5-14(17)10-13/h1-3,12-14,17H,4-11H2/t13-,14+,17+/m0/s1. The number of hydrogen-bond donors (Lipinski definition) is 0. The van der Waals surface area contributed by atoms with Crippen LogP contribution in [-0.4, -0.2) is 37.1 Å². The second-order valence-electron chi connectivity index (χ2n) is 7.31. The van der Waals surface area contributed by atoms with Crippen molar-refractivity contribution in [3.05, 3.63) is 29.8 Å². The van der Waals surface area contributed by atoms with Gasteiger partial charge in [-0.1, -0.05) is 12.5 Å². The molecular formula is C18H23F3N2. The van der Waals surface area contributed by atoms with E-state index in [9.17, 15) is 13.2 Å². The SMILES string of the molecule is FC(F)(F)c1cccc(N2CCN([C@@H]3C[C@H]4CC[C@@H]3C4)CC2)c1. The monoisotopic (exact) mass is 324 g/mol. The number of piperazine rings is 1. The molecule has 2 nitrogen and oxygen atoms in total. The molecule has 1 aromatic rings. The normalized spacial score (nSPS) is 31.8. The predicted octanol–water partition coefficient (Wildman–Crippen LogP) is 4.02. The van der Waals surface area contributed by atoms with Crippen molar-refractivity contribution in [2.75, 3.05) is 31.1 Å². The van der Waals surface area contributed by atoms with Crippen molar-refractivity contribution in [2.24, 2.45) is 11.8 Å². The quantitative estimate of drug-likeness (QED) is 0.811.